The van der Waals surface area contributed by atoms with Crippen LogP contribution in [0, 0.1) is 18.5 Å². The average molecular weight is 1070 g/mol. The zero-order valence-electron chi connectivity index (χ0n) is 48.1. The first-order chi connectivity index (χ1) is 38.0. The van der Waals surface area contributed by atoms with Gasteiger partial charge in [-0.3, -0.25) is 4.57 Å². The average Bonchev–Trinajstić information content (AvgIpc) is 3.60. The minimum absolute atomic E-state index is 0. The van der Waals surface area contributed by atoms with Crippen LogP contribution < -0.4 is 9.30 Å². The summed E-state index contributed by atoms with van der Waals surface area (Å²) in [6.45, 7) is 1.54. The largest absolute Gasteiger partial charge is 0.510 e. The van der Waals surface area contributed by atoms with Gasteiger partial charge < -0.3 is 13.9 Å². The van der Waals surface area contributed by atoms with Gasteiger partial charge in [-0.25, -0.2) is 4.98 Å². The topological polar surface area (TPSA) is 35.9 Å². The molecule has 0 saturated carbocycles. The maximum Gasteiger partial charge on any atom is 0.268 e. The Hall–Kier alpha value is -8.11. The zero-order chi connectivity index (χ0) is 55.2. The summed E-state index contributed by atoms with van der Waals surface area (Å²) in [4.78, 5) is 4.98. The van der Waals surface area contributed by atoms with Crippen molar-refractivity contribution in [2.75, 3.05) is 0 Å². The molecule has 68 heavy (non-hydrogen) atoms. The summed E-state index contributed by atoms with van der Waals surface area (Å²) in [7, 11) is 0. The second-order valence-corrected chi connectivity index (χ2v) is 15.7. The molecular weight excluding hydrogens is 1010 g/mol. The van der Waals surface area contributed by atoms with Gasteiger partial charge >= 0.3 is 0 Å². The molecule has 328 valence electrons. The van der Waals surface area contributed by atoms with Crippen molar-refractivity contribution in [1.29, 1.82) is 0 Å². The molecule has 0 N–H and O–H groups in total. The maximum absolute atomic E-state index is 9.05. The SMILES string of the molecule is [2H]c1c([2H])c([2H])c(-c2cccc(-c3c([2H])c([2H])c([2H])c([2H])c3[2H])c2-[n+]2[c-]n(-c3[c-]c(Oc4[c-]c5c(cc4)c4cc(-c6ccccc6)ccc4n5-c4cc(C([2H])([2H])C)c(-c5ccccc5)cn4)ccc3)c3ccccc32)c([2H])c1[2H].[Pt]. The van der Waals surface area contributed by atoms with Gasteiger partial charge in [0.1, 0.15) is 5.82 Å². The predicted octanol–water partition coefficient (Wildman–Crippen LogP) is 14.8. The summed E-state index contributed by atoms with van der Waals surface area (Å²) in [5.74, 6) is 1.12. The van der Waals surface area contributed by atoms with E-state index in [0.717, 1.165) is 33.0 Å². The maximum atomic E-state index is 9.05. The Morgan fingerprint density at radius 1 is 0.574 bits per heavy atom. The monoisotopic (exact) mass is 1070 g/mol. The van der Waals surface area contributed by atoms with E-state index in [1.165, 1.54) is 0 Å². The molecule has 9 aromatic carbocycles. The van der Waals surface area contributed by atoms with E-state index in [4.69, 9.17) is 26.2 Å². The zero-order valence-corrected chi connectivity index (χ0v) is 38.4. The van der Waals surface area contributed by atoms with E-state index < -0.39 is 66.8 Å². The van der Waals surface area contributed by atoms with Crippen LogP contribution in [0.5, 0.6) is 11.5 Å². The number of aromatic nitrogens is 4. The van der Waals surface area contributed by atoms with Gasteiger partial charge in [0.25, 0.3) is 6.33 Å². The molecule has 0 aliphatic heterocycles. The van der Waals surface area contributed by atoms with Gasteiger partial charge in [-0.1, -0.05) is 188 Å². The normalized spacial score (nSPS) is 14.0. The molecule has 3 heterocycles. The number of fused-ring (bicyclic) bond motifs is 4. The first-order valence-corrected chi connectivity index (χ1v) is 21.6. The van der Waals surface area contributed by atoms with Gasteiger partial charge in [0.15, 0.2) is 0 Å². The summed E-state index contributed by atoms with van der Waals surface area (Å²) in [5.41, 5.74) is 7.09. The fourth-order valence-corrected chi connectivity index (χ4v) is 8.76. The van der Waals surface area contributed by atoms with Crippen molar-refractivity contribution in [3.63, 3.8) is 0 Å². The number of benzene rings is 9. The number of hydrogen-bond donors (Lipinski definition) is 0. The number of pyridine rings is 1. The quantitative estimate of drug-likeness (QED) is 0.101. The predicted molar refractivity (Wildman–Crippen MR) is 271 cm³/mol. The molecule has 6 heteroatoms. The molecule has 0 atom stereocenters. The molecule has 12 rings (SSSR count). The molecule has 5 nitrogen and oxygen atoms in total. The number of para-hydroxylation sites is 3. The fourth-order valence-electron chi connectivity index (χ4n) is 8.76. The molecule has 0 aliphatic rings. The van der Waals surface area contributed by atoms with Crippen LogP contribution in [0.25, 0.3) is 94.5 Å². The minimum Gasteiger partial charge on any atom is -0.510 e. The van der Waals surface area contributed by atoms with Crippen LogP contribution >= 0.6 is 0 Å². The smallest absolute Gasteiger partial charge is 0.268 e. The van der Waals surface area contributed by atoms with Crippen LogP contribution in [0.3, 0.4) is 0 Å². The molecule has 12 aromatic rings. The fraction of sp³-hybridized carbons (Fsp3) is 0.0323. The number of nitrogens with zero attached hydrogens (tertiary/aromatic N) is 4. The molecule has 0 saturated heterocycles. The molecule has 0 spiro atoms. The van der Waals surface area contributed by atoms with Crippen LogP contribution in [0.4, 0.5) is 0 Å². The Bertz CT molecular complexity index is 4320. The van der Waals surface area contributed by atoms with E-state index in [9.17, 15) is 0 Å². The summed E-state index contributed by atoms with van der Waals surface area (Å²) in [6, 6.07) is 50.2. The number of ether oxygens (including phenoxy) is 1. The van der Waals surface area contributed by atoms with Crippen LogP contribution in [0.2, 0.25) is 0 Å². The number of rotatable bonds is 10. The third kappa shape index (κ3) is 7.71. The Labute approximate surface area is 427 Å². The van der Waals surface area contributed by atoms with Crippen LogP contribution in [0.15, 0.2) is 224 Å². The van der Waals surface area contributed by atoms with Crippen LogP contribution in [0.1, 0.15) is 28.9 Å². The Balaban J connectivity index is 0.00000675. The van der Waals surface area contributed by atoms with Crippen molar-refractivity contribution in [2.24, 2.45) is 0 Å². The van der Waals surface area contributed by atoms with Crippen molar-refractivity contribution in [2.45, 2.75) is 13.3 Å². The Kier molecular flexibility index (Phi) is 8.33. The third-order valence-corrected chi connectivity index (χ3v) is 11.8. The van der Waals surface area contributed by atoms with Crippen LogP contribution in [-0.4, -0.2) is 14.1 Å². The molecule has 0 amide bonds. The molecule has 0 aliphatic carbocycles. The van der Waals surface area contributed by atoms with E-state index in [2.05, 4.69) is 42.7 Å². The number of imidazole rings is 1. The second kappa shape index (κ2) is 18.3. The molecule has 0 fully saturated rings. The Morgan fingerprint density at radius 3 is 1.96 bits per heavy atom. The first kappa shape index (κ1) is 31.0. The van der Waals surface area contributed by atoms with E-state index in [1.807, 2.05) is 83.4 Å². The summed E-state index contributed by atoms with van der Waals surface area (Å²) < 4.78 is 117. The van der Waals surface area contributed by atoms with Gasteiger partial charge in [0.05, 0.1) is 30.4 Å². The van der Waals surface area contributed by atoms with E-state index in [1.54, 1.807) is 76.9 Å². The minimum atomic E-state index is -1.73. The summed E-state index contributed by atoms with van der Waals surface area (Å²) >= 11 is 0. The van der Waals surface area contributed by atoms with Gasteiger partial charge in [-0.15, -0.1) is 29.7 Å². The summed E-state index contributed by atoms with van der Waals surface area (Å²) in [5, 5.41) is 1.78. The number of hydrogen-bond acceptors (Lipinski definition) is 2. The third-order valence-electron chi connectivity index (χ3n) is 11.8. The van der Waals surface area contributed by atoms with Crippen molar-refractivity contribution in [3.8, 4) is 73.2 Å². The van der Waals surface area contributed by atoms with Gasteiger partial charge in [-0.05, 0) is 74.1 Å². The molecular formula is C62H42N4OPt-2. The first-order valence-electron chi connectivity index (χ1n) is 27.6. The van der Waals surface area contributed by atoms with Gasteiger partial charge in [-0.2, -0.15) is 18.2 Å². The molecule has 0 unspecified atom stereocenters. The number of aryl methyl sites for hydroxylation is 1. The van der Waals surface area contributed by atoms with E-state index in [0.29, 0.717) is 50.7 Å². The second-order valence-electron chi connectivity index (χ2n) is 15.7. The van der Waals surface area contributed by atoms with Crippen LogP contribution in [-0.2, 0) is 27.4 Å². The van der Waals surface area contributed by atoms with Crippen molar-refractivity contribution in [1.82, 2.24) is 14.1 Å². The standard InChI is InChI=1S/C62H42N4O.Pt/c1-2-43-38-61(63-41-56(43)47-25-13-6-14-26-47)66-57-36-33-48(44-19-7-3-8-20-44)37-55(57)54-35-34-51(40-60(54)66)67-50-28-17-27-49(39-50)64-42-65(59-32-16-15-31-58(59)64)62-52(45-21-9-4-10-22-45)29-18-30-53(62)46-23-11-5-12-24-46;/h3-38,41H,2H2,1H3;/q-2;/i2D2,4D,5D,9D,10D,11D,12D,21D,22D,23D,24D;. The molecule has 0 radical (unpaired) electrons. The molecule has 3 aromatic heterocycles. The van der Waals surface area contributed by atoms with E-state index >= 15 is 0 Å². The van der Waals surface area contributed by atoms with Gasteiger partial charge in [0.2, 0.25) is 0 Å². The Morgan fingerprint density at radius 2 is 1.24 bits per heavy atom. The van der Waals surface area contributed by atoms with Crippen molar-refractivity contribution >= 4 is 32.8 Å². The molecule has 0 bridgehead atoms. The summed E-state index contributed by atoms with van der Waals surface area (Å²) in [6.07, 6.45) is 3.38. The van der Waals surface area contributed by atoms with Gasteiger partial charge in [0, 0.05) is 52.6 Å². The van der Waals surface area contributed by atoms with Crippen molar-refractivity contribution < 1.29 is 46.8 Å². The van der Waals surface area contributed by atoms with Crippen molar-refractivity contribution in [3.05, 3.63) is 248 Å². The van der Waals surface area contributed by atoms with E-state index in [-0.39, 0.29) is 49.0 Å².